The van der Waals surface area contributed by atoms with Gasteiger partial charge in [-0.3, -0.25) is 0 Å². The van der Waals surface area contributed by atoms with Crippen molar-refractivity contribution in [1.82, 2.24) is 4.31 Å². The minimum absolute atomic E-state index is 0.336. The van der Waals surface area contributed by atoms with Crippen molar-refractivity contribution in [3.8, 4) is 0 Å². The molecule has 0 heterocycles. The predicted molar refractivity (Wildman–Crippen MR) is 48.5 cm³/mol. The van der Waals surface area contributed by atoms with Crippen molar-refractivity contribution in [2.75, 3.05) is 33.1 Å². The molecule has 0 spiro atoms. The van der Waals surface area contributed by atoms with Crippen LogP contribution in [0.3, 0.4) is 0 Å². The Balaban J connectivity index is 4.14. The average molecular weight is 193 g/mol. The molecule has 0 amide bonds. The second-order valence-electron chi connectivity index (χ2n) is 2.40. The highest BCUT2D eigenvalue weighted by molar-refractivity contribution is 7.88. The minimum Gasteiger partial charge on any atom is -0.383 e. The molecular weight excluding hydrogens is 178 g/mol. The zero-order valence-electron chi connectivity index (χ0n) is 7.49. The summed E-state index contributed by atoms with van der Waals surface area (Å²) in [6, 6.07) is 0. The number of sulfonamides is 1. The molecule has 0 radical (unpaired) electrons. The first-order chi connectivity index (χ1) is 5.52. The van der Waals surface area contributed by atoms with Crippen LogP contribution in [0.2, 0.25) is 0 Å². The van der Waals surface area contributed by atoms with E-state index in [1.165, 1.54) is 17.7 Å². The van der Waals surface area contributed by atoms with Crippen LogP contribution < -0.4 is 0 Å². The number of nitrogens with zero attached hydrogens (tertiary/aromatic N) is 1. The third-order valence-corrected chi connectivity index (χ3v) is 2.62. The van der Waals surface area contributed by atoms with Crippen LogP contribution in [-0.2, 0) is 14.8 Å². The molecule has 0 N–H and O–H groups in total. The van der Waals surface area contributed by atoms with Crippen molar-refractivity contribution < 1.29 is 13.2 Å². The predicted octanol–water partition coefficient (Wildman–Crippen LogP) is 0.0804. The van der Waals surface area contributed by atoms with Gasteiger partial charge in [0.05, 0.1) is 12.9 Å². The normalized spacial score (nSPS) is 11.9. The van der Waals surface area contributed by atoms with E-state index >= 15 is 0 Å². The van der Waals surface area contributed by atoms with Crippen molar-refractivity contribution in [3.05, 3.63) is 12.7 Å². The van der Waals surface area contributed by atoms with Crippen molar-refractivity contribution in [2.45, 2.75) is 0 Å². The maximum absolute atomic E-state index is 11.0. The molecule has 0 aromatic heterocycles. The Kier molecular flexibility index (Phi) is 5.12. The van der Waals surface area contributed by atoms with E-state index in [-0.39, 0.29) is 0 Å². The van der Waals surface area contributed by atoms with Gasteiger partial charge in [-0.25, -0.2) is 8.42 Å². The quantitative estimate of drug-likeness (QED) is 0.561. The van der Waals surface area contributed by atoms with Gasteiger partial charge in [-0.15, -0.1) is 6.58 Å². The van der Waals surface area contributed by atoms with Crippen molar-refractivity contribution in [3.63, 3.8) is 0 Å². The summed E-state index contributed by atoms with van der Waals surface area (Å²) in [6.07, 6.45) is 2.73. The van der Waals surface area contributed by atoms with Gasteiger partial charge in [0.15, 0.2) is 0 Å². The molecule has 0 aliphatic rings. The average Bonchev–Trinajstić information content (AvgIpc) is 1.95. The lowest BCUT2D eigenvalue weighted by Gasteiger charge is -2.16. The summed E-state index contributed by atoms with van der Waals surface area (Å²) in [4.78, 5) is 0. The Morgan fingerprint density at radius 2 is 2.17 bits per heavy atom. The number of methoxy groups -OCH3 is 1. The van der Waals surface area contributed by atoms with Crippen LogP contribution in [0.25, 0.3) is 0 Å². The molecular formula is C7H15NO3S. The Morgan fingerprint density at radius 1 is 1.58 bits per heavy atom. The topological polar surface area (TPSA) is 46.6 Å². The van der Waals surface area contributed by atoms with E-state index in [0.717, 1.165) is 0 Å². The molecule has 72 valence electrons. The Labute approximate surface area is 73.9 Å². The summed E-state index contributed by atoms with van der Waals surface area (Å²) in [7, 11) is -1.58. The van der Waals surface area contributed by atoms with Gasteiger partial charge in [-0.2, -0.15) is 4.31 Å². The van der Waals surface area contributed by atoms with E-state index < -0.39 is 10.0 Å². The lowest BCUT2D eigenvalue weighted by atomic mass is 10.6. The standard InChI is InChI=1S/C7H15NO3S/c1-4-5-8(6-7-11-2)12(3,9)10/h4H,1,5-7H2,2-3H3. The van der Waals surface area contributed by atoms with E-state index in [2.05, 4.69) is 6.58 Å². The Morgan fingerprint density at radius 3 is 2.50 bits per heavy atom. The van der Waals surface area contributed by atoms with E-state index in [0.29, 0.717) is 19.7 Å². The molecule has 0 atom stereocenters. The SMILES string of the molecule is C=CCN(CCOC)S(C)(=O)=O. The van der Waals surface area contributed by atoms with Gasteiger partial charge in [0.1, 0.15) is 0 Å². The molecule has 0 saturated heterocycles. The molecule has 12 heavy (non-hydrogen) atoms. The van der Waals surface area contributed by atoms with Crippen LogP contribution in [0.1, 0.15) is 0 Å². The van der Waals surface area contributed by atoms with Gasteiger partial charge in [-0.1, -0.05) is 6.08 Å². The fourth-order valence-corrected chi connectivity index (χ4v) is 1.51. The number of hydrogen-bond acceptors (Lipinski definition) is 3. The summed E-state index contributed by atoms with van der Waals surface area (Å²) >= 11 is 0. The first-order valence-corrected chi connectivity index (χ1v) is 5.42. The maximum Gasteiger partial charge on any atom is 0.211 e. The molecule has 0 bridgehead atoms. The van der Waals surface area contributed by atoms with Crippen LogP contribution in [0.15, 0.2) is 12.7 Å². The van der Waals surface area contributed by atoms with E-state index in [1.54, 1.807) is 6.08 Å². The molecule has 0 aliphatic heterocycles. The lowest BCUT2D eigenvalue weighted by molar-refractivity contribution is 0.182. The zero-order chi connectivity index (χ0) is 9.61. The van der Waals surface area contributed by atoms with Crippen molar-refractivity contribution in [1.29, 1.82) is 0 Å². The van der Waals surface area contributed by atoms with Crippen LogP contribution in [0.4, 0.5) is 0 Å². The molecule has 5 heteroatoms. The van der Waals surface area contributed by atoms with Gasteiger partial charge in [0, 0.05) is 20.2 Å². The third-order valence-electron chi connectivity index (χ3n) is 1.35. The smallest absolute Gasteiger partial charge is 0.211 e. The Bertz CT molecular complexity index is 223. The highest BCUT2D eigenvalue weighted by atomic mass is 32.2. The summed E-state index contributed by atoms with van der Waals surface area (Å²) < 4.78 is 28.2. The zero-order valence-corrected chi connectivity index (χ0v) is 8.30. The Hall–Kier alpha value is -0.390. The molecule has 0 aromatic carbocycles. The van der Waals surface area contributed by atoms with E-state index in [9.17, 15) is 8.42 Å². The molecule has 0 saturated carbocycles. The van der Waals surface area contributed by atoms with Gasteiger partial charge in [0.2, 0.25) is 10.0 Å². The summed E-state index contributed by atoms with van der Waals surface area (Å²) in [5.41, 5.74) is 0. The van der Waals surface area contributed by atoms with Crippen molar-refractivity contribution >= 4 is 10.0 Å². The fraction of sp³-hybridized carbons (Fsp3) is 0.714. The van der Waals surface area contributed by atoms with Crippen LogP contribution in [0, 0.1) is 0 Å². The first-order valence-electron chi connectivity index (χ1n) is 3.57. The number of hydrogen-bond donors (Lipinski definition) is 0. The van der Waals surface area contributed by atoms with Crippen LogP contribution in [-0.4, -0.2) is 45.8 Å². The molecule has 0 fully saturated rings. The first kappa shape index (κ1) is 11.6. The molecule has 0 rings (SSSR count). The number of rotatable bonds is 6. The van der Waals surface area contributed by atoms with Gasteiger partial charge in [-0.05, 0) is 0 Å². The van der Waals surface area contributed by atoms with Gasteiger partial charge >= 0.3 is 0 Å². The monoisotopic (exact) mass is 193 g/mol. The van der Waals surface area contributed by atoms with Crippen molar-refractivity contribution in [2.24, 2.45) is 0 Å². The highest BCUT2D eigenvalue weighted by Gasteiger charge is 2.13. The second kappa shape index (κ2) is 5.29. The third kappa shape index (κ3) is 4.48. The molecule has 0 aliphatic carbocycles. The summed E-state index contributed by atoms with van der Waals surface area (Å²) in [6.45, 7) is 4.59. The molecule has 0 aromatic rings. The van der Waals surface area contributed by atoms with Gasteiger partial charge in [0.25, 0.3) is 0 Å². The van der Waals surface area contributed by atoms with Crippen LogP contribution >= 0.6 is 0 Å². The number of ether oxygens (including phenoxy) is 1. The van der Waals surface area contributed by atoms with E-state index in [1.807, 2.05) is 0 Å². The van der Waals surface area contributed by atoms with Crippen LogP contribution in [0.5, 0.6) is 0 Å². The summed E-state index contributed by atoms with van der Waals surface area (Å²) in [5.74, 6) is 0. The minimum atomic E-state index is -3.12. The largest absolute Gasteiger partial charge is 0.383 e. The van der Waals surface area contributed by atoms with Gasteiger partial charge < -0.3 is 4.74 Å². The van der Waals surface area contributed by atoms with E-state index in [4.69, 9.17) is 4.74 Å². The highest BCUT2D eigenvalue weighted by Crippen LogP contribution is 1.96. The summed E-state index contributed by atoms with van der Waals surface area (Å²) in [5, 5.41) is 0. The maximum atomic E-state index is 11.0. The molecule has 0 unspecified atom stereocenters. The molecule has 4 nitrogen and oxygen atoms in total. The fourth-order valence-electron chi connectivity index (χ4n) is 0.730. The lowest BCUT2D eigenvalue weighted by Crippen LogP contribution is -2.33. The second-order valence-corrected chi connectivity index (χ2v) is 4.38.